The molecule has 0 saturated heterocycles. The number of hydrogen-bond donors (Lipinski definition) is 0. The van der Waals surface area contributed by atoms with E-state index in [-0.39, 0.29) is 10.8 Å². The van der Waals surface area contributed by atoms with Crippen LogP contribution in [0.5, 0.6) is 0 Å². The van der Waals surface area contributed by atoms with Crippen molar-refractivity contribution in [3.63, 3.8) is 0 Å². The zero-order valence-electron chi connectivity index (χ0n) is 14.1. The molecular formula is C20H29N. The summed E-state index contributed by atoms with van der Waals surface area (Å²) in [6.07, 6.45) is 6.81. The van der Waals surface area contributed by atoms with Gasteiger partial charge in [0.15, 0.2) is 0 Å². The van der Waals surface area contributed by atoms with Gasteiger partial charge in [0, 0.05) is 0 Å². The van der Waals surface area contributed by atoms with Crippen molar-refractivity contribution < 1.29 is 0 Å². The summed E-state index contributed by atoms with van der Waals surface area (Å²) in [6, 6.07) is 11.6. The number of nitriles is 1. The SMILES string of the molecule is CCC1CCCC(C#N)(Cc2ccc(C(C)(C)C)cc2)C1. The van der Waals surface area contributed by atoms with Crippen molar-refractivity contribution in [3.05, 3.63) is 35.4 Å². The highest BCUT2D eigenvalue weighted by Gasteiger charge is 2.36. The van der Waals surface area contributed by atoms with Crippen LogP contribution in [0.4, 0.5) is 0 Å². The monoisotopic (exact) mass is 283 g/mol. The molecule has 1 aromatic rings. The molecule has 0 aliphatic heterocycles. The van der Waals surface area contributed by atoms with E-state index in [4.69, 9.17) is 0 Å². The van der Waals surface area contributed by atoms with E-state index in [2.05, 4.69) is 58.0 Å². The summed E-state index contributed by atoms with van der Waals surface area (Å²) in [5, 5.41) is 9.75. The van der Waals surface area contributed by atoms with Crippen molar-refractivity contribution in [3.8, 4) is 6.07 Å². The Morgan fingerprint density at radius 1 is 1.24 bits per heavy atom. The van der Waals surface area contributed by atoms with Crippen LogP contribution in [-0.4, -0.2) is 0 Å². The van der Waals surface area contributed by atoms with E-state index < -0.39 is 0 Å². The molecule has 0 N–H and O–H groups in total. The van der Waals surface area contributed by atoms with Crippen LogP contribution in [0.2, 0.25) is 0 Å². The van der Waals surface area contributed by atoms with Crippen molar-refractivity contribution in [1.29, 1.82) is 5.26 Å². The summed E-state index contributed by atoms with van der Waals surface area (Å²) in [7, 11) is 0. The molecule has 0 aromatic heterocycles. The summed E-state index contributed by atoms with van der Waals surface area (Å²) < 4.78 is 0. The van der Waals surface area contributed by atoms with Crippen LogP contribution >= 0.6 is 0 Å². The van der Waals surface area contributed by atoms with Gasteiger partial charge in [-0.3, -0.25) is 0 Å². The van der Waals surface area contributed by atoms with E-state index in [1.807, 2.05) is 0 Å². The third-order valence-corrected chi connectivity index (χ3v) is 5.12. The average Bonchev–Trinajstić information content (AvgIpc) is 2.47. The maximum atomic E-state index is 9.75. The summed E-state index contributed by atoms with van der Waals surface area (Å²) >= 11 is 0. The predicted molar refractivity (Wildman–Crippen MR) is 89.1 cm³/mol. The molecule has 1 saturated carbocycles. The second kappa shape index (κ2) is 6.22. The van der Waals surface area contributed by atoms with Gasteiger partial charge in [-0.25, -0.2) is 0 Å². The Kier molecular flexibility index (Phi) is 4.77. The van der Waals surface area contributed by atoms with Crippen LogP contribution in [0.15, 0.2) is 24.3 Å². The van der Waals surface area contributed by atoms with Crippen molar-refractivity contribution in [2.24, 2.45) is 11.3 Å². The van der Waals surface area contributed by atoms with E-state index in [1.165, 1.54) is 30.4 Å². The lowest BCUT2D eigenvalue weighted by atomic mass is 9.67. The first kappa shape index (κ1) is 16.1. The Bertz CT molecular complexity index is 500. The fourth-order valence-electron chi connectivity index (χ4n) is 3.65. The second-order valence-corrected chi connectivity index (χ2v) is 7.89. The van der Waals surface area contributed by atoms with E-state index >= 15 is 0 Å². The third-order valence-electron chi connectivity index (χ3n) is 5.12. The second-order valence-electron chi connectivity index (χ2n) is 7.89. The molecule has 0 radical (unpaired) electrons. The summed E-state index contributed by atoms with van der Waals surface area (Å²) in [5.41, 5.74) is 2.76. The smallest absolute Gasteiger partial charge is 0.0693 e. The standard InChI is InChI=1S/C20H29N/c1-5-16-7-6-12-20(13-16,15-21)14-17-8-10-18(11-9-17)19(2,3)4/h8-11,16H,5-7,12-14H2,1-4H3. The molecule has 1 fully saturated rings. The molecule has 1 aliphatic rings. The lowest BCUT2D eigenvalue weighted by Gasteiger charge is -2.35. The van der Waals surface area contributed by atoms with Gasteiger partial charge in [0.05, 0.1) is 11.5 Å². The molecule has 0 heterocycles. The fraction of sp³-hybridized carbons (Fsp3) is 0.650. The Labute approximate surface area is 130 Å². The fourth-order valence-corrected chi connectivity index (χ4v) is 3.65. The normalized spacial score (nSPS) is 26.3. The number of nitrogens with zero attached hydrogens (tertiary/aromatic N) is 1. The number of hydrogen-bond acceptors (Lipinski definition) is 1. The minimum absolute atomic E-state index is 0.123. The van der Waals surface area contributed by atoms with Crippen molar-refractivity contribution in [2.75, 3.05) is 0 Å². The molecular weight excluding hydrogens is 254 g/mol. The molecule has 1 aromatic carbocycles. The predicted octanol–water partition coefficient (Wildman–Crippen LogP) is 5.64. The summed E-state index contributed by atoms with van der Waals surface area (Å²) in [6.45, 7) is 8.99. The highest BCUT2D eigenvalue weighted by atomic mass is 14.4. The van der Waals surface area contributed by atoms with E-state index in [9.17, 15) is 5.26 Å². The Morgan fingerprint density at radius 3 is 2.43 bits per heavy atom. The van der Waals surface area contributed by atoms with Gasteiger partial charge in [-0.1, -0.05) is 71.2 Å². The van der Waals surface area contributed by atoms with Gasteiger partial charge in [0.2, 0.25) is 0 Å². The first-order valence-electron chi connectivity index (χ1n) is 8.39. The van der Waals surface area contributed by atoms with Gasteiger partial charge in [-0.15, -0.1) is 0 Å². The molecule has 1 aliphatic carbocycles. The van der Waals surface area contributed by atoms with Crippen molar-refractivity contribution in [2.45, 2.75) is 71.6 Å². The van der Waals surface area contributed by atoms with Crippen LogP contribution in [0.25, 0.3) is 0 Å². The Hall–Kier alpha value is -1.29. The third kappa shape index (κ3) is 3.88. The van der Waals surface area contributed by atoms with Gasteiger partial charge in [0.25, 0.3) is 0 Å². The van der Waals surface area contributed by atoms with Crippen LogP contribution in [0.3, 0.4) is 0 Å². The maximum Gasteiger partial charge on any atom is 0.0693 e. The zero-order valence-corrected chi connectivity index (χ0v) is 14.1. The van der Waals surface area contributed by atoms with E-state index in [0.29, 0.717) is 0 Å². The molecule has 2 rings (SSSR count). The lowest BCUT2D eigenvalue weighted by molar-refractivity contribution is 0.194. The highest BCUT2D eigenvalue weighted by Crippen LogP contribution is 2.42. The first-order valence-corrected chi connectivity index (χ1v) is 8.39. The van der Waals surface area contributed by atoms with Gasteiger partial charge in [-0.05, 0) is 41.7 Å². The van der Waals surface area contributed by atoms with Gasteiger partial charge in [0.1, 0.15) is 0 Å². The minimum atomic E-state index is -0.123. The van der Waals surface area contributed by atoms with Crippen molar-refractivity contribution >= 4 is 0 Å². The quantitative estimate of drug-likeness (QED) is 0.704. The van der Waals surface area contributed by atoms with E-state index in [1.54, 1.807) is 0 Å². The van der Waals surface area contributed by atoms with Crippen LogP contribution in [-0.2, 0) is 11.8 Å². The zero-order chi connectivity index (χ0) is 15.5. The topological polar surface area (TPSA) is 23.8 Å². The Morgan fingerprint density at radius 2 is 1.90 bits per heavy atom. The molecule has 0 bridgehead atoms. The maximum absolute atomic E-state index is 9.75. The molecule has 2 unspecified atom stereocenters. The minimum Gasteiger partial charge on any atom is -0.198 e. The molecule has 1 nitrogen and oxygen atoms in total. The van der Waals surface area contributed by atoms with Gasteiger partial charge >= 0.3 is 0 Å². The molecule has 21 heavy (non-hydrogen) atoms. The molecule has 1 heteroatoms. The molecule has 2 atom stereocenters. The molecule has 114 valence electrons. The van der Waals surface area contributed by atoms with Crippen LogP contribution < -0.4 is 0 Å². The average molecular weight is 283 g/mol. The number of rotatable bonds is 3. The molecule has 0 amide bonds. The van der Waals surface area contributed by atoms with E-state index in [0.717, 1.165) is 25.2 Å². The summed E-state index contributed by atoms with van der Waals surface area (Å²) in [5.74, 6) is 0.743. The van der Waals surface area contributed by atoms with Crippen LogP contribution in [0, 0.1) is 22.7 Å². The summed E-state index contributed by atoms with van der Waals surface area (Å²) in [4.78, 5) is 0. The van der Waals surface area contributed by atoms with Crippen molar-refractivity contribution in [1.82, 2.24) is 0 Å². The lowest BCUT2D eigenvalue weighted by Crippen LogP contribution is -2.29. The first-order chi connectivity index (χ1) is 9.88. The van der Waals surface area contributed by atoms with Gasteiger partial charge < -0.3 is 0 Å². The van der Waals surface area contributed by atoms with Crippen LogP contribution in [0.1, 0.15) is 70.9 Å². The highest BCUT2D eigenvalue weighted by molar-refractivity contribution is 5.29. The molecule has 0 spiro atoms. The largest absolute Gasteiger partial charge is 0.198 e. The van der Waals surface area contributed by atoms with Gasteiger partial charge in [-0.2, -0.15) is 5.26 Å². The Balaban J connectivity index is 2.14. The number of benzene rings is 1.